The number of nitrogens with zero attached hydrogens (tertiary/aromatic N) is 3. The highest BCUT2D eigenvalue weighted by Crippen LogP contribution is 2.19. The standard InChI is InChI=1S/C13H21N5O2S/c1-10(2)17(3)9-7-15-21(19,20)13-12(14)16-11-6-4-5-8-18(11)13/h4-6,8,10,15H,7,9,14H2,1-3H3. The molecule has 0 spiro atoms. The van der Waals surface area contributed by atoms with E-state index >= 15 is 0 Å². The zero-order valence-corrected chi connectivity index (χ0v) is 13.3. The number of hydrogen-bond acceptors (Lipinski definition) is 5. The molecule has 0 aliphatic rings. The number of fused-ring (bicyclic) bond motifs is 1. The van der Waals surface area contributed by atoms with Crippen molar-refractivity contribution in [3.63, 3.8) is 0 Å². The highest BCUT2D eigenvalue weighted by Gasteiger charge is 2.23. The van der Waals surface area contributed by atoms with Gasteiger partial charge in [0.25, 0.3) is 10.0 Å². The Hall–Kier alpha value is -1.64. The van der Waals surface area contributed by atoms with Crippen LogP contribution in [-0.4, -0.2) is 48.9 Å². The molecule has 7 nitrogen and oxygen atoms in total. The van der Waals surface area contributed by atoms with Crippen molar-refractivity contribution >= 4 is 21.5 Å². The summed E-state index contributed by atoms with van der Waals surface area (Å²) in [6, 6.07) is 5.58. The molecule has 0 radical (unpaired) electrons. The molecule has 0 saturated carbocycles. The van der Waals surface area contributed by atoms with Crippen molar-refractivity contribution in [2.24, 2.45) is 0 Å². The van der Waals surface area contributed by atoms with Crippen LogP contribution in [0.5, 0.6) is 0 Å². The van der Waals surface area contributed by atoms with Crippen molar-refractivity contribution in [3.05, 3.63) is 24.4 Å². The first-order chi connectivity index (χ1) is 9.83. The van der Waals surface area contributed by atoms with Gasteiger partial charge in [-0.3, -0.25) is 4.40 Å². The lowest BCUT2D eigenvalue weighted by Crippen LogP contribution is -2.36. The molecule has 2 heterocycles. The van der Waals surface area contributed by atoms with Gasteiger partial charge < -0.3 is 10.6 Å². The van der Waals surface area contributed by atoms with E-state index in [1.165, 1.54) is 4.40 Å². The van der Waals surface area contributed by atoms with Gasteiger partial charge in [-0.2, -0.15) is 0 Å². The lowest BCUT2D eigenvalue weighted by atomic mass is 10.3. The summed E-state index contributed by atoms with van der Waals surface area (Å²) in [6.45, 7) is 5.04. The van der Waals surface area contributed by atoms with Crippen LogP contribution in [0.4, 0.5) is 5.82 Å². The number of nitrogens with two attached hydrogens (primary N) is 1. The summed E-state index contributed by atoms with van der Waals surface area (Å²) in [7, 11) is -1.75. The topological polar surface area (TPSA) is 92.7 Å². The molecule has 0 atom stereocenters. The first-order valence-corrected chi connectivity index (χ1v) is 8.23. The van der Waals surface area contributed by atoms with E-state index in [1.54, 1.807) is 24.4 Å². The number of aromatic nitrogens is 2. The number of anilines is 1. The fourth-order valence-electron chi connectivity index (χ4n) is 1.94. The van der Waals surface area contributed by atoms with Gasteiger partial charge in [0, 0.05) is 25.3 Å². The molecular formula is C13H21N5O2S. The Labute approximate surface area is 124 Å². The van der Waals surface area contributed by atoms with E-state index in [0.29, 0.717) is 24.8 Å². The van der Waals surface area contributed by atoms with Crippen LogP contribution in [0.25, 0.3) is 5.65 Å². The minimum absolute atomic E-state index is 0.00548. The minimum Gasteiger partial charge on any atom is -0.381 e. The summed E-state index contributed by atoms with van der Waals surface area (Å²) in [4.78, 5) is 6.12. The maximum absolute atomic E-state index is 12.4. The Morgan fingerprint density at radius 3 is 2.81 bits per heavy atom. The van der Waals surface area contributed by atoms with Crippen LogP contribution in [0, 0.1) is 0 Å². The van der Waals surface area contributed by atoms with Crippen molar-refractivity contribution < 1.29 is 8.42 Å². The Bertz CT molecular complexity index is 723. The van der Waals surface area contributed by atoms with Crippen molar-refractivity contribution in [3.8, 4) is 0 Å². The van der Waals surface area contributed by atoms with E-state index in [4.69, 9.17) is 5.73 Å². The number of nitrogens with one attached hydrogen (secondary N) is 1. The van der Waals surface area contributed by atoms with Crippen molar-refractivity contribution in [1.29, 1.82) is 0 Å². The Kier molecular flexibility index (Phi) is 4.50. The SMILES string of the molecule is CC(C)N(C)CCNS(=O)(=O)c1c(N)nc2ccccn12. The van der Waals surface area contributed by atoms with E-state index in [0.717, 1.165) is 0 Å². The first-order valence-electron chi connectivity index (χ1n) is 6.75. The molecule has 2 rings (SSSR count). The number of hydrogen-bond donors (Lipinski definition) is 2. The molecule has 21 heavy (non-hydrogen) atoms. The van der Waals surface area contributed by atoms with Gasteiger partial charge in [-0.15, -0.1) is 0 Å². The lowest BCUT2D eigenvalue weighted by molar-refractivity contribution is 0.278. The average Bonchev–Trinajstić information content (AvgIpc) is 2.74. The normalized spacial score (nSPS) is 12.6. The smallest absolute Gasteiger partial charge is 0.260 e. The Morgan fingerprint density at radius 1 is 1.43 bits per heavy atom. The third-order valence-corrected chi connectivity index (χ3v) is 4.90. The number of pyridine rings is 1. The second kappa shape index (κ2) is 6.00. The zero-order chi connectivity index (χ0) is 15.6. The van der Waals surface area contributed by atoms with Crippen LogP contribution in [0.1, 0.15) is 13.8 Å². The molecule has 8 heteroatoms. The summed E-state index contributed by atoms with van der Waals surface area (Å²) in [6.07, 6.45) is 1.63. The molecular weight excluding hydrogens is 290 g/mol. The van der Waals surface area contributed by atoms with E-state index in [-0.39, 0.29) is 10.8 Å². The van der Waals surface area contributed by atoms with E-state index in [9.17, 15) is 8.42 Å². The van der Waals surface area contributed by atoms with Gasteiger partial charge in [-0.25, -0.2) is 18.1 Å². The zero-order valence-electron chi connectivity index (χ0n) is 12.4. The highest BCUT2D eigenvalue weighted by molar-refractivity contribution is 7.89. The molecule has 116 valence electrons. The molecule has 0 bridgehead atoms. The molecule has 2 aromatic rings. The molecule has 0 aliphatic heterocycles. The van der Waals surface area contributed by atoms with Gasteiger partial charge in [-0.05, 0) is 33.0 Å². The maximum Gasteiger partial charge on any atom is 0.260 e. The molecule has 0 aromatic carbocycles. The van der Waals surface area contributed by atoms with E-state index < -0.39 is 10.0 Å². The summed E-state index contributed by atoms with van der Waals surface area (Å²) >= 11 is 0. The van der Waals surface area contributed by atoms with Crippen molar-refractivity contribution in [1.82, 2.24) is 19.0 Å². The van der Waals surface area contributed by atoms with Gasteiger partial charge in [0.1, 0.15) is 5.65 Å². The van der Waals surface area contributed by atoms with Crippen LogP contribution in [-0.2, 0) is 10.0 Å². The molecule has 0 fully saturated rings. The predicted molar refractivity (Wildman–Crippen MR) is 82.6 cm³/mol. The van der Waals surface area contributed by atoms with Gasteiger partial charge in [0.05, 0.1) is 0 Å². The molecule has 0 saturated heterocycles. The van der Waals surface area contributed by atoms with Gasteiger partial charge in [-0.1, -0.05) is 6.07 Å². The summed E-state index contributed by atoms with van der Waals surface area (Å²) in [5.41, 5.74) is 6.27. The number of sulfonamides is 1. The first kappa shape index (κ1) is 15.7. The number of likely N-dealkylation sites (N-methyl/N-ethyl adjacent to an activating group) is 1. The van der Waals surface area contributed by atoms with Crippen molar-refractivity contribution in [2.45, 2.75) is 24.9 Å². The second-order valence-corrected chi connectivity index (χ2v) is 6.89. The molecule has 3 N–H and O–H groups in total. The van der Waals surface area contributed by atoms with Crippen LogP contribution in [0.2, 0.25) is 0 Å². The molecule has 2 aromatic heterocycles. The molecule has 0 aliphatic carbocycles. The van der Waals surface area contributed by atoms with Gasteiger partial charge in [0.2, 0.25) is 0 Å². The van der Waals surface area contributed by atoms with E-state index in [1.807, 2.05) is 7.05 Å². The van der Waals surface area contributed by atoms with Gasteiger partial charge >= 0.3 is 0 Å². The lowest BCUT2D eigenvalue weighted by Gasteiger charge is -2.20. The second-order valence-electron chi connectivity index (χ2n) is 5.20. The number of imidazole rings is 1. The third-order valence-electron chi connectivity index (χ3n) is 3.40. The monoisotopic (exact) mass is 311 g/mol. The highest BCUT2D eigenvalue weighted by atomic mass is 32.2. The van der Waals surface area contributed by atoms with Gasteiger partial charge in [0.15, 0.2) is 10.8 Å². The average molecular weight is 311 g/mol. The summed E-state index contributed by atoms with van der Waals surface area (Å²) in [5.74, 6) is 0.00548. The fourth-order valence-corrected chi connectivity index (χ4v) is 3.17. The van der Waals surface area contributed by atoms with Crippen LogP contribution in [0.3, 0.4) is 0 Å². The summed E-state index contributed by atoms with van der Waals surface area (Å²) < 4.78 is 28.9. The van der Waals surface area contributed by atoms with Crippen LogP contribution in [0.15, 0.2) is 29.4 Å². The van der Waals surface area contributed by atoms with E-state index in [2.05, 4.69) is 28.5 Å². The minimum atomic E-state index is -3.70. The van der Waals surface area contributed by atoms with Crippen LogP contribution < -0.4 is 10.5 Å². The quantitative estimate of drug-likeness (QED) is 0.812. The number of rotatable bonds is 6. The number of nitrogen functional groups attached to an aromatic ring is 1. The van der Waals surface area contributed by atoms with Crippen molar-refractivity contribution in [2.75, 3.05) is 25.9 Å². The Morgan fingerprint density at radius 2 is 2.14 bits per heavy atom. The third kappa shape index (κ3) is 3.34. The predicted octanol–water partition coefficient (Wildman–Crippen LogP) is 0.535. The molecule has 0 amide bonds. The fraction of sp³-hybridized carbons (Fsp3) is 0.462. The molecule has 0 unspecified atom stereocenters. The maximum atomic E-state index is 12.4. The van der Waals surface area contributed by atoms with Crippen LogP contribution >= 0.6 is 0 Å². The Balaban J connectivity index is 2.20. The largest absolute Gasteiger partial charge is 0.381 e. The summed E-state index contributed by atoms with van der Waals surface area (Å²) in [5, 5.41) is -0.00898.